The second-order valence-corrected chi connectivity index (χ2v) is 16.1. The molecule has 28 heavy (non-hydrogen) atoms. The van der Waals surface area contributed by atoms with Crippen molar-refractivity contribution in [2.75, 3.05) is 25.2 Å². The van der Waals surface area contributed by atoms with E-state index in [-0.39, 0.29) is 12.4 Å². The van der Waals surface area contributed by atoms with E-state index in [4.69, 9.17) is 5.50 Å². The molecule has 0 aromatic rings. The maximum atomic E-state index is 7.29. The van der Waals surface area contributed by atoms with Gasteiger partial charge in [-0.2, -0.15) is 0 Å². The van der Waals surface area contributed by atoms with Crippen molar-refractivity contribution in [3.63, 3.8) is 0 Å². The third-order valence-corrected chi connectivity index (χ3v) is 11.5. The van der Waals surface area contributed by atoms with E-state index in [1.165, 1.54) is 134 Å². The molecule has 0 amide bonds. The largest absolute Gasteiger partial charge is 0.147 e. The van der Waals surface area contributed by atoms with Crippen molar-refractivity contribution < 1.29 is 0 Å². The van der Waals surface area contributed by atoms with Crippen molar-refractivity contribution in [3.8, 4) is 0 Å². The Balaban J connectivity index is 0. The zero-order valence-electron chi connectivity index (χ0n) is 20.3. The molecule has 0 bridgehead atoms. The Kier molecular flexibility index (Phi) is 21.6. The van der Waals surface area contributed by atoms with Gasteiger partial charge in [0.2, 0.25) is 0 Å². The first-order valence-electron chi connectivity index (χ1n) is 12.8. The minimum absolute atomic E-state index is 0. The molecule has 174 valence electrons. The zero-order chi connectivity index (χ0) is 20.3. The van der Waals surface area contributed by atoms with Crippen LogP contribution in [0.4, 0.5) is 0 Å². The van der Waals surface area contributed by atoms with Crippen LogP contribution in [0.15, 0.2) is 0 Å². The van der Waals surface area contributed by atoms with Gasteiger partial charge in [-0.05, 0) is 0 Å². The molecular weight excluding hydrogens is 381 g/mol. The summed E-state index contributed by atoms with van der Waals surface area (Å²) in [6.45, 7) is 7.53. The van der Waals surface area contributed by atoms with Gasteiger partial charge < -0.3 is 0 Å². The van der Waals surface area contributed by atoms with Crippen LogP contribution in [0.3, 0.4) is 0 Å². The molecule has 0 heterocycles. The molecule has 0 aliphatic rings. The fourth-order valence-corrected chi connectivity index (χ4v) is 8.61. The Labute approximate surface area is 186 Å². The molecule has 0 aromatic carbocycles. The smallest absolute Gasteiger partial charge is 0.147 e. The van der Waals surface area contributed by atoms with Crippen molar-refractivity contribution in [1.82, 2.24) is 0 Å². The summed E-state index contributed by atoms with van der Waals surface area (Å²) in [5.41, 5.74) is 7.29. The molecule has 0 aliphatic carbocycles. The maximum absolute atomic E-state index is 7.29. The minimum atomic E-state index is -1.94. The molecule has 0 rings (SSSR count). The number of rotatable bonds is 21. The Morgan fingerprint density at radius 3 is 0.893 bits per heavy atom. The van der Waals surface area contributed by atoms with Crippen LogP contribution < -0.4 is 5.50 Å². The van der Waals surface area contributed by atoms with E-state index in [1.54, 1.807) is 0 Å². The van der Waals surface area contributed by atoms with Gasteiger partial charge in [0.05, 0.1) is 0 Å². The van der Waals surface area contributed by atoms with E-state index >= 15 is 0 Å². The molecular formula is C25H57ClNP. The quantitative estimate of drug-likeness (QED) is 0.140. The minimum Gasteiger partial charge on any atom is -0.147 e. The first-order valence-corrected chi connectivity index (χ1v) is 16.1. The van der Waals surface area contributed by atoms with Gasteiger partial charge in [-0.15, -0.1) is 12.4 Å². The zero-order valence-corrected chi connectivity index (χ0v) is 22.0. The molecule has 2 N–H and O–H groups in total. The summed E-state index contributed by atoms with van der Waals surface area (Å²) < 4.78 is 0. The number of nitrogens with two attached hydrogens (primary N) is 1. The van der Waals surface area contributed by atoms with Crippen molar-refractivity contribution in [2.24, 2.45) is 5.50 Å². The fourth-order valence-electron chi connectivity index (χ4n) is 4.43. The average Bonchev–Trinajstić information content (AvgIpc) is 2.64. The van der Waals surface area contributed by atoms with Crippen molar-refractivity contribution in [1.29, 1.82) is 0 Å². The molecule has 0 atom stereocenters. The van der Waals surface area contributed by atoms with Crippen LogP contribution in [0.5, 0.6) is 0 Å². The van der Waals surface area contributed by atoms with Gasteiger partial charge in [-0.25, -0.2) is 0 Å². The number of unbranched alkanes of at least 4 members (excludes halogenated alkanes) is 15. The van der Waals surface area contributed by atoms with Crippen LogP contribution in [0, 0.1) is 0 Å². The SMILES string of the molecule is CCCCCCCCP(C)(N)(CCCCCCCC)CCCCCCCC.Cl. The number of halogens is 1. The number of hydrogen-bond donors (Lipinski definition) is 1. The number of hydrogen-bond acceptors (Lipinski definition) is 1. The second kappa shape index (κ2) is 19.6. The van der Waals surface area contributed by atoms with Gasteiger partial charge in [0.25, 0.3) is 0 Å². The van der Waals surface area contributed by atoms with E-state index in [0.717, 1.165) is 0 Å². The maximum Gasteiger partial charge on any atom is -0.147 e. The topological polar surface area (TPSA) is 26.0 Å². The van der Waals surface area contributed by atoms with Gasteiger partial charge in [-0.1, -0.05) is 0 Å². The first-order chi connectivity index (χ1) is 13.0. The Morgan fingerprint density at radius 1 is 0.429 bits per heavy atom. The summed E-state index contributed by atoms with van der Waals surface area (Å²) in [5, 5.41) is 0. The van der Waals surface area contributed by atoms with Gasteiger partial charge in [-0.3, -0.25) is 0 Å². The van der Waals surface area contributed by atoms with Crippen molar-refractivity contribution >= 4 is 19.2 Å². The summed E-state index contributed by atoms with van der Waals surface area (Å²) in [5.74, 6) is 0. The van der Waals surface area contributed by atoms with E-state index in [1.807, 2.05) is 0 Å². The fraction of sp³-hybridized carbons (Fsp3) is 1.00. The van der Waals surface area contributed by atoms with E-state index in [9.17, 15) is 0 Å². The Bertz CT molecular complexity index is 272. The van der Waals surface area contributed by atoms with Crippen LogP contribution in [0.25, 0.3) is 0 Å². The summed E-state index contributed by atoms with van der Waals surface area (Å²) in [4.78, 5) is 0. The van der Waals surface area contributed by atoms with E-state index in [0.29, 0.717) is 0 Å². The molecule has 0 saturated carbocycles. The first kappa shape index (κ1) is 30.9. The standard InChI is InChI=1S/C25H56NP.ClH/c1-5-8-11-14-17-20-23-27(4,26,24-21-18-15-12-9-6-2)25-22-19-16-13-10-7-3;/h5-26H2,1-4H3;1H. The molecule has 0 saturated heterocycles. The molecule has 0 fully saturated rings. The van der Waals surface area contributed by atoms with Crippen LogP contribution in [-0.2, 0) is 0 Å². The van der Waals surface area contributed by atoms with Crippen LogP contribution >= 0.6 is 19.2 Å². The predicted molar refractivity (Wildman–Crippen MR) is 139 cm³/mol. The predicted octanol–water partition coefficient (Wildman–Crippen LogP) is 9.55. The second-order valence-electron chi connectivity index (χ2n) is 9.90. The summed E-state index contributed by atoms with van der Waals surface area (Å²) in [7, 11) is 0. The Morgan fingerprint density at radius 2 is 0.643 bits per heavy atom. The van der Waals surface area contributed by atoms with Gasteiger partial charge in [0, 0.05) is 0 Å². The van der Waals surface area contributed by atoms with Crippen LogP contribution in [-0.4, -0.2) is 25.2 Å². The van der Waals surface area contributed by atoms with Crippen molar-refractivity contribution in [2.45, 2.75) is 136 Å². The van der Waals surface area contributed by atoms with Crippen LogP contribution in [0.1, 0.15) is 136 Å². The summed E-state index contributed by atoms with van der Waals surface area (Å²) in [6, 6.07) is 0. The Hall–Kier alpha value is 0.680. The molecule has 3 heteroatoms. The average molecular weight is 438 g/mol. The molecule has 0 unspecified atom stereocenters. The van der Waals surface area contributed by atoms with Gasteiger partial charge >= 0.3 is 174 Å². The normalized spacial score (nSPS) is 13.1. The summed E-state index contributed by atoms with van der Waals surface area (Å²) >= 11 is 0. The third kappa shape index (κ3) is 18.7. The van der Waals surface area contributed by atoms with Gasteiger partial charge in [0.1, 0.15) is 0 Å². The van der Waals surface area contributed by atoms with Crippen molar-refractivity contribution in [3.05, 3.63) is 0 Å². The van der Waals surface area contributed by atoms with Gasteiger partial charge in [0.15, 0.2) is 0 Å². The molecule has 0 radical (unpaired) electrons. The molecule has 0 aliphatic heterocycles. The summed E-state index contributed by atoms with van der Waals surface area (Å²) in [6.07, 6.45) is 29.3. The van der Waals surface area contributed by atoms with Crippen LogP contribution in [0.2, 0.25) is 0 Å². The van der Waals surface area contributed by atoms with E-state index in [2.05, 4.69) is 27.4 Å². The monoisotopic (exact) mass is 437 g/mol. The van der Waals surface area contributed by atoms with E-state index < -0.39 is 6.75 Å². The molecule has 1 nitrogen and oxygen atoms in total. The third-order valence-electron chi connectivity index (χ3n) is 6.54. The molecule has 0 aromatic heterocycles. The molecule has 0 spiro atoms.